The molecule has 116 valence electrons. The second kappa shape index (κ2) is 6.13. The summed E-state index contributed by atoms with van der Waals surface area (Å²) >= 11 is 5.89. The highest BCUT2D eigenvalue weighted by Gasteiger charge is 2.41. The van der Waals surface area contributed by atoms with Crippen LogP contribution in [0.2, 0.25) is 5.02 Å². The molecule has 2 atom stereocenters. The molecule has 0 aromatic heterocycles. The predicted molar refractivity (Wildman–Crippen MR) is 83.8 cm³/mol. The molecule has 1 heterocycles. The second-order valence-corrected chi connectivity index (χ2v) is 6.42. The maximum atomic E-state index is 12.5. The Morgan fingerprint density at radius 2 is 1.73 bits per heavy atom. The number of benzene rings is 1. The van der Waals surface area contributed by atoms with Crippen LogP contribution in [-0.4, -0.2) is 35.0 Å². The smallest absolute Gasteiger partial charge is 0.308 e. The molecule has 1 aromatic carbocycles. The number of amides is 1. The van der Waals surface area contributed by atoms with E-state index in [9.17, 15) is 14.7 Å². The number of hydrogen-bond acceptors (Lipinski definition) is 2. The Bertz CT molecular complexity index is 603. The van der Waals surface area contributed by atoms with E-state index in [0.717, 1.165) is 18.4 Å². The van der Waals surface area contributed by atoms with E-state index in [1.54, 1.807) is 17.0 Å². The number of carboxylic acid groups (broad SMARTS) is 1. The van der Waals surface area contributed by atoms with Gasteiger partial charge in [-0.25, -0.2) is 0 Å². The minimum Gasteiger partial charge on any atom is -0.481 e. The van der Waals surface area contributed by atoms with Gasteiger partial charge in [0, 0.05) is 29.9 Å². The highest BCUT2D eigenvalue weighted by atomic mass is 35.5. The van der Waals surface area contributed by atoms with Gasteiger partial charge < -0.3 is 10.0 Å². The van der Waals surface area contributed by atoms with Crippen molar-refractivity contribution in [3.8, 4) is 0 Å². The molecule has 1 aliphatic carbocycles. The van der Waals surface area contributed by atoms with E-state index in [4.69, 9.17) is 11.6 Å². The van der Waals surface area contributed by atoms with Gasteiger partial charge in [0.15, 0.2) is 0 Å². The third-order valence-electron chi connectivity index (χ3n) is 4.60. The van der Waals surface area contributed by atoms with E-state index < -0.39 is 11.9 Å². The topological polar surface area (TPSA) is 57.6 Å². The number of hydrogen-bond donors (Lipinski definition) is 1. The molecule has 0 spiro atoms. The van der Waals surface area contributed by atoms with Crippen LogP contribution in [0.3, 0.4) is 0 Å². The fourth-order valence-corrected chi connectivity index (χ4v) is 3.48. The number of rotatable bonds is 3. The summed E-state index contributed by atoms with van der Waals surface area (Å²) in [6, 6.07) is 7.24. The zero-order valence-electron chi connectivity index (χ0n) is 12.1. The molecule has 1 saturated heterocycles. The zero-order valence-corrected chi connectivity index (χ0v) is 12.9. The molecule has 1 fully saturated rings. The molecule has 5 heteroatoms. The van der Waals surface area contributed by atoms with Crippen LogP contribution in [0.25, 0.3) is 0 Å². The number of aliphatic carboxylic acids is 1. The summed E-state index contributed by atoms with van der Waals surface area (Å²) in [5.74, 6) is -1.52. The zero-order chi connectivity index (χ0) is 15.7. The quantitative estimate of drug-likeness (QED) is 0.871. The summed E-state index contributed by atoms with van der Waals surface area (Å²) in [4.78, 5) is 25.8. The van der Waals surface area contributed by atoms with E-state index in [-0.39, 0.29) is 24.3 Å². The maximum Gasteiger partial charge on any atom is 0.308 e. The first-order valence-corrected chi connectivity index (χ1v) is 7.86. The Balaban J connectivity index is 1.79. The lowest BCUT2D eigenvalue weighted by Gasteiger charge is -2.20. The van der Waals surface area contributed by atoms with Crippen LogP contribution < -0.4 is 0 Å². The van der Waals surface area contributed by atoms with Crippen molar-refractivity contribution in [1.29, 1.82) is 0 Å². The number of nitrogens with zero attached hydrogens (tertiary/aromatic N) is 1. The van der Waals surface area contributed by atoms with E-state index in [1.165, 1.54) is 0 Å². The monoisotopic (exact) mass is 319 g/mol. The maximum absolute atomic E-state index is 12.5. The molecule has 0 unspecified atom stereocenters. The van der Waals surface area contributed by atoms with Crippen LogP contribution in [0.1, 0.15) is 24.3 Å². The molecule has 0 radical (unpaired) electrons. The molecule has 1 aromatic rings. The third kappa shape index (κ3) is 2.88. The van der Waals surface area contributed by atoms with Crippen LogP contribution in [0.15, 0.2) is 36.4 Å². The fraction of sp³-hybridized carbons (Fsp3) is 0.412. The molecule has 1 aliphatic heterocycles. The third-order valence-corrected chi connectivity index (χ3v) is 4.86. The molecule has 1 N–H and O–H groups in total. The molecule has 0 saturated carbocycles. The minimum absolute atomic E-state index is 0.0154. The summed E-state index contributed by atoms with van der Waals surface area (Å²) in [7, 11) is 0. The summed E-state index contributed by atoms with van der Waals surface area (Å²) < 4.78 is 0. The standard InChI is InChI=1S/C17H18ClNO3/c18-13-7-5-11(6-8-13)14-9-19(10-15(14)17(21)22)16(20)12-3-1-2-4-12/h1-2,5-8,12,14-15H,3-4,9-10H2,(H,21,22)/t14-,15+/m0/s1. The van der Waals surface area contributed by atoms with Crippen molar-refractivity contribution in [2.75, 3.05) is 13.1 Å². The van der Waals surface area contributed by atoms with Crippen LogP contribution in [0.4, 0.5) is 0 Å². The highest BCUT2D eigenvalue weighted by Crippen LogP contribution is 2.35. The van der Waals surface area contributed by atoms with Gasteiger partial charge in [0.25, 0.3) is 0 Å². The molecular formula is C17H18ClNO3. The molecule has 4 nitrogen and oxygen atoms in total. The van der Waals surface area contributed by atoms with Gasteiger partial charge in [-0.2, -0.15) is 0 Å². The first kappa shape index (κ1) is 15.1. The molecule has 0 bridgehead atoms. The number of allylic oxidation sites excluding steroid dienone is 2. The van der Waals surface area contributed by atoms with E-state index in [1.807, 2.05) is 24.3 Å². The Kier molecular flexibility index (Phi) is 4.21. The van der Waals surface area contributed by atoms with Gasteiger partial charge in [0.2, 0.25) is 5.91 Å². The van der Waals surface area contributed by atoms with Gasteiger partial charge >= 0.3 is 5.97 Å². The number of halogens is 1. The summed E-state index contributed by atoms with van der Waals surface area (Å²) in [6.07, 6.45) is 5.56. The van der Waals surface area contributed by atoms with Crippen LogP contribution in [-0.2, 0) is 9.59 Å². The first-order valence-electron chi connectivity index (χ1n) is 7.48. The van der Waals surface area contributed by atoms with Crippen molar-refractivity contribution in [2.24, 2.45) is 11.8 Å². The summed E-state index contributed by atoms with van der Waals surface area (Å²) in [6.45, 7) is 0.756. The van der Waals surface area contributed by atoms with Gasteiger partial charge in [-0.3, -0.25) is 9.59 Å². The number of carboxylic acids is 1. The van der Waals surface area contributed by atoms with Crippen LogP contribution >= 0.6 is 11.6 Å². The normalized spacial score (nSPS) is 24.9. The van der Waals surface area contributed by atoms with Crippen molar-refractivity contribution in [3.05, 3.63) is 47.0 Å². The van der Waals surface area contributed by atoms with E-state index in [2.05, 4.69) is 0 Å². The van der Waals surface area contributed by atoms with E-state index in [0.29, 0.717) is 11.6 Å². The number of carbonyl (C=O) groups excluding carboxylic acids is 1. The van der Waals surface area contributed by atoms with Crippen molar-refractivity contribution >= 4 is 23.5 Å². The second-order valence-electron chi connectivity index (χ2n) is 5.99. The van der Waals surface area contributed by atoms with Gasteiger partial charge in [-0.05, 0) is 30.5 Å². The van der Waals surface area contributed by atoms with Crippen molar-refractivity contribution in [1.82, 2.24) is 4.90 Å². The Labute approximate surface area is 134 Å². The Morgan fingerprint density at radius 3 is 2.32 bits per heavy atom. The van der Waals surface area contributed by atoms with Gasteiger partial charge in [0.1, 0.15) is 0 Å². The summed E-state index contributed by atoms with van der Waals surface area (Å²) in [5.41, 5.74) is 0.927. The number of carbonyl (C=O) groups is 2. The molecular weight excluding hydrogens is 302 g/mol. The highest BCUT2D eigenvalue weighted by molar-refractivity contribution is 6.30. The Hall–Kier alpha value is -1.81. The fourth-order valence-electron chi connectivity index (χ4n) is 3.36. The molecule has 1 amide bonds. The lowest BCUT2D eigenvalue weighted by molar-refractivity contribution is -0.142. The SMILES string of the molecule is O=C(O)[C@@H]1CN(C(=O)C2CC=CC2)C[C@H]1c1ccc(Cl)cc1. The van der Waals surface area contributed by atoms with Crippen molar-refractivity contribution in [2.45, 2.75) is 18.8 Å². The molecule has 22 heavy (non-hydrogen) atoms. The molecule has 3 rings (SSSR count). The van der Waals surface area contributed by atoms with Gasteiger partial charge in [-0.15, -0.1) is 0 Å². The van der Waals surface area contributed by atoms with Crippen molar-refractivity contribution < 1.29 is 14.7 Å². The predicted octanol–water partition coefficient (Wildman–Crippen LogP) is 2.93. The molecule has 2 aliphatic rings. The summed E-state index contributed by atoms with van der Waals surface area (Å²) in [5, 5.41) is 10.1. The van der Waals surface area contributed by atoms with Crippen LogP contribution in [0, 0.1) is 11.8 Å². The number of likely N-dealkylation sites (tertiary alicyclic amines) is 1. The largest absolute Gasteiger partial charge is 0.481 e. The lowest BCUT2D eigenvalue weighted by atomic mass is 9.89. The van der Waals surface area contributed by atoms with Gasteiger partial charge in [0.05, 0.1) is 5.92 Å². The lowest BCUT2D eigenvalue weighted by Crippen LogP contribution is -2.34. The van der Waals surface area contributed by atoms with Crippen LogP contribution in [0.5, 0.6) is 0 Å². The van der Waals surface area contributed by atoms with Crippen molar-refractivity contribution in [3.63, 3.8) is 0 Å². The van der Waals surface area contributed by atoms with Gasteiger partial charge in [-0.1, -0.05) is 35.9 Å². The van der Waals surface area contributed by atoms with E-state index >= 15 is 0 Å². The average molecular weight is 320 g/mol. The Morgan fingerprint density at radius 1 is 1.09 bits per heavy atom. The average Bonchev–Trinajstić information content (AvgIpc) is 3.17. The minimum atomic E-state index is -0.847. The first-order chi connectivity index (χ1) is 10.6.